The van der Waals surface area contributed by atoms with E-state index < -0.39 is 0 Å². The fourth-order valence-electron chi connectivity index (χ4n) is 2.13. The average Bonchev–Trinajstić information content (AvgIpc) is 2.43. The Balaban J connectivity index is 2.26. The molecule has 0 bridgehead atoms. The number of rotatable bonds is 10. The van der Waals surface area contributed by atoms with Gasteiger partial charge in [0.25, 0.3) is 0 Å². The molecule has 0 aliphatic rings. The van der Waals surface area contributed by atoms with E-state index in [-0.39, 0.29) is 0 Å². The minimum atomic E-state index is 0.722. The van der Waals surface area contributed by atoms with Gasteiger partial charge in [0.2, 0.25) is 0 Å². The summed E-state index contributed by atoms with van der Waals surface area (Å²) in [4.78, 5) is 2.48. The van der Waals surface area contributed by atoms with Gasteiger partial charge in [-0.25, -0.2) is 0 Å². The first kappa shape index (κ1) is 16.0. The zero-order chi connectivity index (χ0) is 13.9. The van der Waals surface area contributed by atoms with E-state index in [1.54, 1.807) is 0 Å². The molecular weight excluding hydrogens is 236 g/mol. The Morgan fingerprint density at radius 2 is 2.00 bits per heavy atom. The van der Waals surface area contributed by atoms with E-state index in [2.05, 4.69) is 42.3 Å². The summed E-state index contributed by atoms with van der Waals surface area (Å²) < 4.78 is 5.50. The zero-order valence-electron chi connectivity index (χ0n) is 12.6. The second kappa shape index (κ2) is 9.82. The predicted molar refractivity (Wildman–Crippen MR) is 81.7 cm³/mol. The smallest absolute Gasteiger partial charge is 0.119 e. The first-order chi connectivity index (χ1) is 9.30. The van der Waals surface area contributed by atoms with Crippen molar-refractivity contribution in [1.29, 1.82) is 0 Å². The Hall–Kier alpha value is -1.06. The maximum atomic E-state index is 5.50. The van der Waals surface area contributed by atoms with Crippen LogP contribution in [0.25, 0.3) is 0 Å². The highest BCUT2D eigenvalue weighted by Crippen LogP contribution is 2.12. The van der Waals surface area contributed by atoms with Crippen LogP contribution in [0, 0.1) is 0 Å². The molecule has 1 N–H and O–H groups in total. The van der Waals surface area contributed by atoms with Crippen LogP contribution in [0.1, 0.15) is 32.8 Å². The lowest BCUT2D eigenvalue weighted by Gasteiger charge is -2.19. The molecule has 0 heterocycles. The van der Waals surface area contributed by atoms with Gasteiger partial charge in [0.15, 0.2) is 0 Å². The SMILES string of the molecule is CCCN(CC)CCNCc1cccc(OCC)c1. The van der Waals surface area contributed by atoms with Crippen molar-refractivity contribution in [2.75, 3.05) is 32.8 Å². The van der Waals surface area contributed by atoms with Gasteiger partial charge < -0.3 is 15.0 Å². The maximum absolute atomic E-state index is 5.50. The van der Waals surface area contributed by atoms with E-state index in [0.29, 0.717) is 0 Å². The average molecular weight is 264 g/mol. The largest absolute Gasteiger partial charge is 0.494 e. The van der Waals surface area contributed by atoms with Gasteiger partial charge in [-0.2, -0.15) is 0 Å². The standard InChI is InChI=1S/C16H28N2O/c1-4-11-18(5-2)12-10-17-14-15-8-7-9-16(13-15)19-6-3/h7-9,13,17H,4-6,10-12,14H2,1-3H3. The van der Waals surface area contributed by atoms with Crippen LogP contribution >= 0.6 is 0 Å². The minimum Gasteiger partial charge on any atom is -0.494 e. The number of hydrogen-bond donors (Lipinski definition) is 1. The molecular formula is C16H28N2O. The topological polar surface area (TPSA) is 24.5 Å². The molecule has 0 fully saturated rings. The Kier molecular flexibility index (Phi) is 8.26. The van der Waals surface area contributed by atoms with E-state index in [9.17, 15) is 0 Å². The Morgan fingerprint density at radius 3 is 2.68 bits per heavy atom. The van der Waals surface area contributed by atoms with E-state index >= 15 is 0 Å². The van der Waals surface area contributed by atoms with E-state index in [1.165, 1.54) is 18.5 Å². The fraction of sp³-hybridized carbons (Fsp3) is 0.625. The molecule has 0 radical (unpaired) electrons. The van der Waals surface area contributed by atoms with Crippen molar-refractivity contribution in [2.24, 2.45) is 0 Å². The van der Waals surface area contributed by atoms with Gasteiger partial charge in [0.1, 0.15) is 5.75 Å². The normalized spacial score (nSPS) is 10.9. The summed E-state index contributed by atoms with van der Waals surface area (Å²) in [7, 11) is 0. The van der Waals surface area contributed by atoms with Gasteiger partial charge >= 0.3 is 0 Å². The highest BCUT2D eigenvalue weighted by molar-refractivity contribution is 5.28. The molecule has 0 aromatic heterocycles. The van der Waals surface area contributed by atoms with Crippen molar-refractivity contribution >= 4 is 0 Å². The van der Waals surface area contributed by atoms with Crippen molar-refractivity contribution < 1.29 is 4.74 Å². The van der Waals surface area contributed by atoms with Gasteiger partial charge in [0.05, 0.1) is 6.61 Å². The third-order valence-corrected chi connectivity index (χ3v) is 3.13. The molecule has 0 saturated heterocycles. The van der Waals surface area contributed by atoms with Crippen LogP contribution in [0.2, 0.25) is 0 Å². The Bertz CT molecular complexity index is 341. The molecule has 108 valence electrons. The summed E-state index contributed by atoms with van der Waals surface area (Å²) in [6.07, 6.45) is 1.23. The van der Waals surface area contributed by atoms with Gasteiger partial charge in [0, 0.05) is 19.6 Å². The van der Waals surface area contributed by atoms with Crippen molar-refractivity contribution in [3.63, 3.8) is 0 Å². The molecule has 3 heteroatoms. The fourth-order valence-corrected chi connectivity index (χ4v) is 2.13. The summed E-state index contributed by atoms with van der Waals surface area (Å²) in [5.41, 5.74) is 1.28. The van der Waals surface area contributed by atoms with E-state index in [0.717, 1.165) is 38.5 Å². The van der Waals surface area contributed by atoms with Gasteiger partial charge in [-0.1, -0.05) is 26.0 Å². The lowest BCUT2D eigenvalue weighted by molar-refractivity contribution is 0.287. The number of benzene rings is 1. The molecule has 19 heavy (non-hydrogen) atoms. The molecule has 1 aromatic rings. The van der Waals surface area contributed by atoms with Gasteiger partial charge in [-0.3, -0.25) is 0 Å². The minimum absolute atomic E-state index is 0.722. The summed E-state index contributed by atoms with van der Waals surface area (Å²) in [5, 5.41) is 3.50. The summed E-state index contributed by atoms with van der Waals surface area (Å²) >= 11 is 0. The number of nitrogens with zero attached hydrogens (tertiary/aromatic N) is 1. The van der Waals surface area contributed by atoms with Crippen LogP contribution in [-0.2, 0) is 6.54 Å². The van der Waals surface area contributed by atoms with Gasteiger partial charge in [-0.15, -0.1) is 0 Å². The predicted octanol–water partition coefficient (Wildman–Crippen LogP) is 2.91. The number of nitrogens with one attached hydrogen (secondary N) is 1. The van der Waals surface area contributed by atoms with Crippen LogP contribution in [0.3, 0.4) is 0 Å². The third kappa shape index (κ3) is 6.60. The second-order valence-corrected chi connectivity index (χ2v) is 4.69. The van der Waals surface area contributed by atoms with Crippen molar-refractivity contribution in [2.45, 2.75) is 33.7 Å². The molecule has 0 atom stereocenters. The monoisotopic (exact) mass is 264 g/mol. The molecule has 0 aliphatic heterocycles. The Morgan fingerprint density at radius 1 is 1.16 bits per heavy atom. The lowest BCUT2D eigenvalue weighted by atomic mass is 10.2. The molecule has 0 aliphatic carbocycles. The molecule has 0 saturated carbocycles. The molecule has 0 spiro atoms. The molecule has 1 rings (SSSR count). The van der Waals surface area contributed by atoms with Crippen LogP contribution in [0.4, 0.5) is 0 Å². The Labute approximate surface area is 118 Å². The van der Waals surface area contributed by atoms with Crippen LogP contribution in [-0.4, -0.2) is 37.7 Å². The van der Waals surface area contributed by atoms with Gasteiger partial charge in [-0.05, 0) is 44.1 Å². The zero-order valence-corrected chi connectivity index (χ0v) is 12.6. The number of likely N-dealkylation sites (N-methyl/N-ethyl adjacent to an activating group) is 1. The number of ether oxygens (including phenoxy) is 1. The van der Waals surface area contributed by atoms with Crippen molar-refractivity contribution in [3.8, 4) is 5.75 Å². The summed E-state index contributed by atoms with van der Waals surface area (Å²) in [6, 6.07) is 8.31. The molecule has 0 unspecified atom stereocenters. The van der Waals surface area contributed by atoms with E-state index in [1.807, 2.05) is 13.0 Å². The quantitative estimate of drug-likeness (QED) is 0.658. The first-order valence-corrected chi connectivity index (χ1v) is 7.44. The highest BCUT2D eigenvalue weighted by atomic mass is 16.5. The van der Waals surface area contributed by atoms with Crippen LogP contribution < -0.4 is 10.1 Å². The second-order valence-electron chi connectivity index (χ2n) is 4.69. The number of hydrogen-bond acceptors (Lipinski definition) is 3. The van der Waals surface area contributed by atoms with Crippen molar-refractivity contribution in [1.82, 2.24) is 10.2 Å². The summed E-state index contributed by atoms with van der Waals surface area (Å²) in [6.45, 7) is 12.6. The molecule has 1 aromatic carbocycles. The first-order valence-electron chi connectivity index (χ1n) is 7.44. The van der Waals surface area contributed by atoms with Crippen LogP contribution in [0.15, 0.2) is 24.3 Å². The van der Waals surface area contributed by atoms with Crippen LogP contribution in [0.5, 0.6) is 5.75 Å². The molecule has 0 amide bonds. The maximum Gasteiger partial charge on any atom is 0.119 e. The van der Waals surface area contributed by atoms with E-state index in [4.69, 9.17) is 4.74 Å². The lowest BCUT2D eigenvalue weighted by Crippen LogP contribution is -2.32. The third-order valence-electron chi connectivity index (χ3n) is 3.13. The van der Waals surface area contributed by atoms with Crippen molar-refractivity contribution in [3.05, 3.63) is 29.8 Å². The summed E-state index contributed by atoms with van der Waals surface area (Å²) in [5.74, 6) is 0.961. The highest BCUT2D eigenvalue weighted by Gasteiger charge is 2.00. The molecule has 3 nitrogen and oxygen atoms in total.